The van der Waals surface area contributed by atoms with Crippen LogP contribution in [0.2, 0.25) is 0 Å². The molecule has 8 heteroatoms. The van der Waals surface area contributed by atoms with Gasteiger partial charge in [-0.05, 0) is 47.9 Å². The molecule has 8 nitrogen and oxygen atoms in total. The van der Waals surface area contributed by atoms with Crippen LogP contribution in [0.5, 0.6) is 5.75 Å². The highest BCUT2D eigenvalue weighted by atomic mass is 16.5. The third kappa shape index (κ3) is 6.19. The molecule has 2 aliphatic heterocycles. The molecule has 0 bridgehead atoms. The normalized spacial score (nSPS) is 15.5. The minimum absolute atomic E-state index is 0.0527. The molecule has 1 fully saturated rings. The first kappa shape index (κ1) is 24.7. The van der Waals surface area contributed by atoms with Gasteiger partial charge in [-0.15, -0.1) is 0 Å². The van der Waals surface area contributed by atoms with E-state index in [0.29, 0.717) is 57.0 Å². The van der Waals surface area contributed by atoms with Crippen molar-refractivity contribution in [1.29, 1.82) is 0 Å². The fourth-order valence-corrected chi connectivity index (χ4v) is 4.46. The fraction of sp³-hybridized carbons (Fsp3) is 0.444. The van der Waals surface area contributed by atoms with Gasteiger partial charge >= 0.3 is 0 Å². The molecular formula is C27H34N4O4. The number of rotatable bonds is 9. The summed E-state index contributed by atoms with van der Waals surface area (Å²) in [5.74, 6) is 0.668. The zero-order valence-corrected chi connectivity index (χ0v) is 20.6. The van der Waals surface area contributed by atoms with Crippen LogP contribution in [0.1, 0.15) is 51.6 Å². The van der Waals surface area contributed by atoms with E-state index in [9.17, 15) is 14.4 Å². The molecule has 0 saturated carbocycles. The zero-order chi connectivity index (χ0) is 24.8. The minimum atomic E-state index is -0.0853. The van der Waals surface area contributed by atoms with Gasteiger partial charge in [0.2, 0.25) is 5.91 Å². The molecule has 0 unspecified atom stereocenters. The Labute approximate surface area is 206 Å². The van der Waals surface area contributed by atoms with Gasteiger partial charge in [0.15, 0.2) is 0 Å². The first-order chi connectivity index (χ1) is 16.9. The number of ether oxygens (including phenoxy) is 1. The van der Waals surface area contributed by atoms with Crippen LogP contribution in [0.15, 0.2) is 42.5 Å². The van der Waals surface area contributed by atoms with Crippen LogP contribution >= 0.6 is 0 Å². The second kappa shape index (κ2) is 11.4. The van der Waals surface area contributed by atoms with Crippen LogP contribution < -0.4 is 10.1 Å². The molecule has 1 saturated heterocycles. The third-order valence-electron chi connectivity index (χ3n) is 6.53. The standard InChI is InChI=1S/C27H34N4O4/c1-3-4-11-29(2)26(33)20-6-5-7-21(15-20)27(34)31-17-22-8-9-24(16-23(22)18-31)35-14-13-30-12-10-28-25(32)19-30/h5-9,15-16H,3-4,10-14,17-19H2,1-2H3,(H,28,32). The van der Waals surface area contributed by atoms with E-state index in [1.165, 1.54) is 0 Å². The molecule has 2 aliphatic rings. The number of nitrogens with zero attached hydrogens (tertiary/aromatic N) is 3. The number of amides is 3. The number of hydrogen-bond donors (Lipinski definition) is 1. The van der Waals surface area contributed by atoms with Gasteiger partial charge in [0.1, 0.15) is 12.4 Å². The first-order valence-electron chi connectivity index (χ1n) is 12.3. The van der Waals surface area contributed by atoms with Gasteiger partial charge in [-0.3, -0.25) is 19.3 Å². The van der Waals surface area contributed by atoms with Gasteiger partial charge in [-0.25, -0.2) is 0 Å². The van der Waals surface area contributed by atoms with Gasteiger partial charge in [0.05, 0.1) is 6.54 Å². The number of carbonyl (C=O) groups is 3. The highest BCUT2D eigenvalue weighted by molar-refractivity contribution is 5.99. The lowest BCUT2D eigenvalue weighted by Crippen LogP contribution is -2.48. The van der Waals surface area contributed by atoms with E-state index in [1.807, 2.05) is 18.2 Å². The second-order valence-electron chi connectivity index (χ2n) is 9.23. The van der Waals surface area contributed by atoms with E-state index in [-0.39, 0.29) is 17.7 Å². The smallest absolute Gasteiger partial charge is 0.254 e. The van der Waals surface area contributed by atoms with E-state index in [4.69, 9.17) is 4.74 Å². The van der Waals surface area contributed by atoms with Gasteiger partial charge in [0.25, 0.3) is 11.8 Å². The Bertz CT molecular complexity index is 1090. The number of unbranched alkanes of at least 4 members (excludes halogenated alkanes) is 1. The zero-order valence-electron chi connectivity index (χ0n) is 20.6. The summed E-state index contributed by atoms with van der Waals surface area (Å²) in [5, 5.41) is 2.82. The first-order valence-corrected chi connectivity index (χ1v) is 12.3. The highest BCUT2D eigenvalue weighted by Gasteiger charge is 2.25. The van der Waals surface area contributed by atoms with Gasteiger partial charge < -0.3 is 19.9 Å². The number of hydrogen-bond acceptors (Lipinski definition) is 5. The minimum Gasteiger partial charge on any atom is -0.492 e. The molecule has 3 amide bonds. The molecule has 0 spiro atoms. The Morgan fingerprint density at radius 3 is 2.66 bits per heavy atom. The lowest BCUT2D eigenvalue weighted by molar-refractivity contribution is -0.124. The second-order valence-corrected chi connectivity index (χ2v) is 9.23. The van der Waals surface area contributed by atoms with Gasteiger partial charge in [-0.2, -0.15) is 0 Å². The Balaban J connectivity index is 1.34. The van der Waals surface area contributed by atoms with Crippen molar-refractivity contribution in [3.05, 3.63) is 64.7 Å². The summed E-state index contributed by atoms with van der Waals surface area (Å²) < 4.78 is 5.92. The summed E-state index contributed by atoms with van der Waals surface area (Å²) in [4.78, 5) is 43.0. The Morgan fingerprint density at radius 2 is 1.86 bits per heavy atom. The molecule has 2 aromatic rings. The predicted octanol–water partition coefficient (Wildman–Crippen LogP) is 2.53. The third-order valence-corrected chi connectivity index (χ3v) is 6.53. The van der Waals surface area contributed by atoms with Crippen molar-refractivity contribution in [3.63, 3.8) is 0 Å². The molecule has 2 heterocycles. The van der Waals surface area contributed by atoms with Gasteiger partial charge in [-0.1, -0.05) is 25.5 Å². The molecule has 4 rings (SSSR count). The molecule has 186 valence electrons. The maximum atomic E-state index is 13.2. The van der Waals surface area contributed by atoms with E-state index in [1.54, 1.807) is 41.1 Å². The maximum absolute atomic E-state index is 13.2. The highest BCUT2D eigenvalue weighted by Crippen LogP contribution is 2.28. The Morgan fingerprint density at radius 1 is 1.06 bits per heavy atom. The van der Waals surface area contributed by atoms with Crippen molar-refractivity contribution in [2.75, 3.05) is 46.4 Å². The molecule has 2 aromatic carbocycles. The molecule has 1 N–H and O–H groups in total. The summed E-state index contributed by atoms with van der Waals surface area (Å²) in [6.45, 7) is 6.95. The number of piperazine rings is 1. The SMILES string of the molecule is CCCCN(C)C(=O)c1cccc(C(=O)N2Cc3ccc(OCCN4CCNC(=O)C4)cc3C2)c1. The van der Waals surface area contributed by atoms with Crippen LogP contribution in [0, 0.1) is 0 Å². The Hall–Kier alpha value is -3.39. The van der Waals surface area contributed by atoms with Crippen molar-refractivity contribution in [1.82, 2.24) is 20.0 Å². The predicted molar refractivity (Wildman–Crippen MR) is 133 cm³/mol. The van der Waals surface area contributed by atoms with Crippen LogP contribution in [-0.2, 0) is 17.9 Å². The largest absolute Gasteiger partial charge is 0.492 e. The van der Waals surface area contributed by atoms with E-state index in [0.717, 1.165) is 36.3 Å². The van der Waals surface area contributed by atoms with Crippen LogP contribution in [0.4, 0.5) is 0 Å². The summed E-state index contributed by atoms with van der Waals surface area (Å²) >= 11 is 0. The molecule has 0 aromatic heterocycles. The summed E-state index contributed by atoms with van der Waals surface area (Å²) in [7, 11) is 1.80. The van der Waals surface area contributed by atoms with Crippen molar-refractivity contribution in [2.24, 2.45) is 0 Å². The average Bonchev–Trinajstić information content (AvgIpc) is 3.30. The number of fused-ring (bicyclic) bond motifs is 1. The van der Waals surface area contributed by atoms with Crippen molar-refractivity contribution in [2.45, 2.75) is 32.9 Å². The summed E-state index contributed by atoms with van der Waals surface area (Å²) in [6, 6.07) is 12.9. The van der Waals surface area contributed by atoms with Crippen molar-refractivity contribution >= 4 is 17.7 Å². The van der Waals surface area contributed by atoms with E-state index < -0.39 is 0 Å². The number of benzene rings is 2. The molecule has 0 radical (unpaired) electrons. The van der Waals surface area contributed by atoms with E-state index in [2.05, 4.69) is 17.1 Å². The number of nitrogens with one attached hydrogen (secondary N) is 1. The lowest BCUT2D eigenvalue weighted by atomic mass is 10.1. The van der Waals surface area contributed by atoms with Crippen LogP contribution in [-0.4, -0.2) is 78.8 Å². The van der Waals surface area contributed by atoms with Crippen molar-refractivity contribution in [3.8, 4) is 5.75 Å². The number of carbonyl (C=O) groups excluding carboxylic acids is 3. The van der Waals surface area contributed by atoms with Crippen LogP contribution in [0.3, 0.4) is 0 Å². The monoisotopic (exact) mass is 478 g/mol. The maximum Gasteiger partial charge on any atom is 0.254 e. The lowest BCUT2D eigenvalue weighted by Gasteiger charge is -2.26. The quantitative estimate of drug-likeness (QED) is 0.599. The molecule has 0 atom stereocenters. The summed E-state index contributed by atoms with van der Waals surface area (Å²) in [5.41, 5.74) is 3.23. The Kier molecular flexibility index (Phi) is 8.02. The van der Waals surface area contributed by atoms with Crippen molar-refractivity contribution < 1.29 is 19.1 Å². The molecule has 0 aliphatic carbocycles. The van der Waals surface area contributed by atoms with E-state index >= 15 is 0 Å². The topological polar surface area (TPSA) is 82.2 Å². The van der Waals surface area contributed by atoms with Crippen LogP contribution in [0.25, 0.3) is 0 Å². The molecular weight excluding hydrogens is 444 g/mol. The van der Waals surface area contributed by atoms with Gasteiger partial charge in [0, 0.05) is 57.4 Å². The molecule has 35 heavy (non-hydrogen) atoms. The summed E-state index contributed by atoms with van der Waals surface area (Å²) in [6.07, 6.45) is 1.98. The average molecular weight is 479 g/mol. The fourth-order valence-electron chi connectivity index (χ4n) is 4.46.